The third kappa shape index (κ3) is 2.87. The van der Waals surface area contributed by atoms with Gasteiger partial charge in [0.25, 0.3) is 5.91 Å². The van der Waals surface area contributed by atoms with Crippen LogP contribution in [-0.2, 0) is 6.54 Å². The van der Waals surface area contributed by atoms with Crippen LogP contribution in [0.25, 0.3) is 0 Å². The average molecular weight is 267 g/mol. The molecule has 100 valence electrons. The minimum absolute atomic E-state index is 0.0233. The van der Waals surface area contributed by atoms with Gasteiger partial charge in [-0.15, -0.1) is 0 Å². The number of aromatic nitrogens is 1. The first kappa shape index (κ1) is 13.0. The van der Waals surface area contributed by atoms with Gasteiger partial charge in [0.15, 0.2) is 11.6 Å². The van der Waals surface area contributed by atoms with E-state index in [9.17, 15) is 13.6 Å². The molecule has 3 N–H and O–H groups in total. The van der Waals surface area contributed by atoms with E-state index in [2.05, 4.69) is 10.5 Å². The van der Waals surface area contributed by atoms with Gasteiger partial charge in [-0.3, -0.25) is 4.79 Å². The van der Waals surface area contributed by atoms with Crippen LogP contribution in [0.4, 0.5) is 14.5 Å². The third-order valence-electron chi connectivity index (χ3n) is 2.41. The molecular weight excluding hydrogens is 256 g/mol. The van der Waals surface area contributed by atoms with E-state index in [1.54, 1.807) is 13.0 Å². The Kier molecular flexibility index (Phi) is 3.46. The molecule has 0 aliphatic heterocycles. The lowest BCUT2D eigenvalue weighted by Crippen LogP contribution is -2.24. The molecule has 19 heavy (non-hydrogen) atoms. The standard InChI is InChI=1S/C12H11F2N3O2/c1-6-2-8(19-17-6)5-16-12(18)9-3-7(13)4-10(15)11(9)14/h2-4H,5,15H2,1H3,(H,16,18). The zero-order valence-corrected chi connectivity index (χ0v) is 10.0. The molecule has 1 aromatic carbocycles. The van der Waals surface area contributed by atoms with E-state index < -0.39 is 28.8 Å². The highest BCUT2D eigenvalue weighted by atomic mass is 19.1. The second-order valence-corrected chi connectivity index (χ2v) is 3.97. The Morgan fingerprint density at radius 3 is 2.79 bits per heavy atom. The molecule has 0 saturated heterocycles. The van der Waals surface area contributed by atoms with E-state index in [4.69, 9.17) is 10.3 Å². The second kappa shape index (κ2) is 5.05. The molecule has 2 rings (SSSR count). The number of amides is 1. The molecule has 1 amide bonds. The lowest BCUT2D eigenvalue weighted by atomic mass is 10.1. The number of nitrogen functional groups attached to an aromatic ring is 1. The Morgan fingerprint density at radius 2 is 2.16 bits per heavy atom. The monoisotopic (exact) mass is 267 g/mol. The summed E-state index contributed by atoms with van der Waals surface area (Å²) in [6.07, 6.45) is 0. The van der Waals surface area contributed by atoms with Crippen molar-refractivity contribution in [2.24, 2.45) is 0 Å². The van der Waals surface area contributed by atoms with Gasteiger partial charge in [-0.1, -0.05) is 5.16 Å². The van der Waals surface area contributed by atoms with Crippen LogP contribution in [0.5, 0.6) is 0 Å². The molecule has 0 aliphatic rings. The minimum atomic E-state index is -0.951. The molecule has 5 nitrogen and oxygen atoms in total. The Bertz CT molecular complexity index is 625. The predicted octanol–water partition coefficient (Wildman–Crippen LogP) is 1.77. The molecule has 0 unspecified atom stereocenters. The van der Waals surface area contributed by atoms with Crippen molar-refractivity contribution in [2.75, 3.05) is 5.73 Å². The first-order valence-corrected chi connectivity index (χ1v) is 5.42. The SMILES string of the molecule is Cc1cc(CNC(=O)c2cc(F)cc(N)c2F)on1. The maximum absolute atomic E-state index is 13.6. The summed E-state index contributed by atoms with van der Waals surface area (Å²) >= 11 is 0. The number of nitrogens with zero attached hydrogens (tertiary/aromatic N) is 1. The summed E-state index contributed by atoms with van der Waals surface area (Å²) in [5, 5.41) is 6.02. The number of carbonyl (C=O) groups excluding carboxylic acids is 1. The number of carbonyl (C=O) groups is 1. The van der Waals surface area contributed by atoms with E-state index in [0.29, 0.717) is 11.5 Å². The smallest absolute Gasteiger partial charge is 0.254 e. The van der Waals surface area contributed by atoms with Crippen molar-refractivity contribution >= 4 is 11.6 Å². The van der Waals surface area contributed by atoms with Gasteiger partial charge in [-0.25, -0.2) is 8.78 Å². The van der Waals surface area contributed by atoms with E-state index in [-0.39, 0.29) is 6.54 Å². The summed E-state index contributed by atoms with van der Waals surface area (Å²) in [5.74, 6) is -2.10. The van der Waals surface area contributed by atoms with E-state index in [1.165, 1.54) is 0 Å². The largest absolute Gasteiger partial charge is 0.396 e. The van der Waals surface area contributed by atoms with E-state index >= 15 is 0 Å². The molecule has 0 fully saturated rings. The van der Waals surface area contributed by atoms with Crippen LogP contribution in [-0.4, -0.2) is 11.1 Å². The van der Waals surface area contributed by atoms with Gasteiger partial charge in [-0.2, -0.15) is 0 Å². The molecule has 7 heteroatoms. The molecule has 1 aromatic heterocycles. The number of benzene rings is 1. The lowest BCUT2D eigenvalue weighted by molar-refractivity contribution is 0.0942. The molecule has 0 radical (unpaired) electrons. The van der Waals surface area contributed by atoms with Gasteiger partial charge in [0, 0.05) is 6.07 Å². The van der Waals surface area contributed by atoms with Crippen molar-refractivity contribution < 1.29 is 18.1 Å². The Morgan fingerprint density at radius 1 is 1.42 bits per heavy atom. The van der Waals surface area contributed by atoms with Crippen LogP contribution in [0.2, 0.25) is 0 Å². The zero-order valence-electron chi connectivity index (χ0n) is 10.0. The third-order valence-corrected chi connectivity index (χ3v) is 2.41. The van der Waals surface area contributed by atoms with Crippen molar-refractivity contribution in [2.45, 2.75) is 13.5 Å². The van der Waals surface area contributed by atoms with Crippen LogP contribution in [0.15, 0.2) is 22.7 Å². The zero-order chi connectivity index (χ0) is 14.0. The fourth-order valence-corrected chi connectivity index (χ4v) is 1.54. The van der Waals surface area contributed by atoms with Crippen molar-refractivity contribution in [3.63, 3.8) is 0 Å². The van der Waals surface area contributed by atoms with Gasteiger partial charge in [0.1, 0.15) is 5.82 Å². The summed E-state index contributed by atoms with van der Waals surface area (Å²) in [6, 6.07) is 3.22. The van der Waals surface area contributed by atoms with Crippen molar-refractivity contribution in [3.05, 3.63) is 46.9 Å². The first-order chi connectivity index (χ1) is 8.97. The summed E-state index contributed by atoms with van der Waals surface area (Å²) in [5.41, 5.74) is 5.04. The normalized spacial score (nSPS) is 10.5. The van der Waals surface area contributed by atoms with Gasteiger partial charge < -0.3 is 15.6 Å². The summed E-state index contributed by atoms with van der Waals surface area (Å²) in [6.45, 7) is 1.75. The predicted molar refractivity (Wildman–Crippen MR) is 63.2 cm³/mol. The molecule has 0 saturated carbocycles. The maximum atomic E-state index is 13.6. The Labute approximate surface area is 107 Å². The van der Waals surface area contributed by atoms with Crippen molar-refractivity contribution in [1.82, 2.24) is 10.5 Å². The van der Waals surface area contributed by atoms with Crippen LogP contribution < -0.4 is 11.1 Å². The molecule has 0 aliphatic carbocycles. The number of nitrogens with two attached hydrogens (primary N) is 1. The lowest BCUT2D eigenvalue weighted by Gasteiger charge is -2.06. The Hall–Kier alpha value is -2.44. The summed E-state index contributed by atoms with van der Waals surface area (Å²) in [4.78, 5) is 11.7. The van der Waals surface area contributed by atoms with E-state index in [0.717, 1.165) is 12.1 Å². The molecule has 0 spiro atoms. The van der Waals surface area contributed by atoms with Crippen LogP contribution in [0.1, 0.15) is 21.8 Å². The Balaban J connectivity index is 2.12. The number of hydrogen-bond donors (Lipinski definition) is 2. The highest BCUT2D eigenvalue weighted by Gasteiger charge is 2.16. The fraction of sp³-hybridized carbons (Fsp3) is 0.167. The number of rotatable bonds is 3. The number of halogens is 2. The highest BCUT2D eigenvalue weighted by Crippen LogP contribution is 2.17. The van der Waals surface area contributed by atoms with Crippen molar-refractivity contribution in [1.29, 1.82) is 0 Å². The van der Waals surface area contributed by atoms with Crippen LogP contribution in [0.3, 0.4) is 0 Å². The highest BCUT2D eigenvalue weighted by molar-refractivity contribution is 5.95. The molecule has 0 atom stereocenters. The van der Waals surface area contributed by atoms with Gasteiger partial charge in [0.05, 0.1) is 23.5 Å². The maximum Gasteiger partial charge on any atom is 0.254 e. The fourth-order valence-electron chi connectivity index (χ4n) is 1.54. The molecule has 1 heterocycles. The van der Waals surface area contributed by atoms with E-state index in [1.807, 2.05) is 0 Å². The van der Waals surface area contributed by atoms with Gasteiger partial charge in [-0.05, 0) is 19.1 Å². The second-order valence-electron chi connectivity index (χ2n) is 3.97. The van der Waals surface area contributed by atoms with Gasteiger partial charge in [0.2, 0.25) is 0 Å². The summed E-state index contributed by atoms with van der Waals surface area (Å²) in [7, 11) is 0. The number of nitrogens with one attached hydrogen (secondary N) is 1. The number of aryl methyl sites for hydroxylation is 1. The minimum Gasteiger partial charge on any atom is -0.396 e. The van der Waals surface area contributed by atoms with Crippen LogP contribution >= 0.6 is 0 Å². The molecule has 2 aromatic rings. The summed E-state index contributed by atoms with van der Waals surface area (Å²) < 4.78 is 31.5. The average Bonchev–Trinajstić information content (AvgIpc) is 2.76. The molecular formula is C12H11F2N3O2. The van der Waals surface area contributed by atoms with Crippen LogP contribution in [0, 0.1) is 18.6 Å². The van der Waals surface area contributed by atoms with Crippen molar-refractivity contribution in [3.8, 4) is 0 Å². The topological polar surface area (TPSA) is 81.2 Å². The first-order valence-electron chi connectivity index (χ1n) is 5.42. The number of hydrogen-bond acceptors (Lipinski definition) is 4. The van der Waals surface area contributed by atoms with Gasteiger partial charge >= 0.3 is 0 Å². The quantitative estimate of drug-likeness (QED) is 0.830. The molecule has 0 bridgehead atoms. The number of anilines is 1.